The summed E-state index contributed by atoms with van der Waals surface area (Å²) in [6.45, 7) is 17.0. The van der Waals surface area contributed by atoms with E-state index in [1.807, 2.05) is 177 Å². The number of carbonyl (C=O) groups is 8. The molecule has 640 valence electrons. The molecule has 0 bridgehead atoms. The lowest BCUT2D eigenvalue weighted by Crippen LogP contribution is -2.05. The maximum atomic E-state index is 13.6. The largest absolute Gasteiger partial charge is 0.508 e. The van der Waals surface area contributed by atoms with Crippen LogP contribution in [0.15, 0.2) is 268 Å². The van der Waals surface area contributed by atoms with Crippen molar-refractivity contribution in [1.82, 2.24) is 0 Å². The number of phenolic OH excluding ortho intramolecular Hbond substituents is 4. The molecule has 0 spiro atoms. The van der Waals surface area contributed by atoms with Gasteiger partial charge in [-0.1, -0.05) is 114 Å². The molecular formula is C104H80O20S4. The average Bonchev–Trinajstić information content (AvgIpc) is 1.63. The molecule has 20 nitrogen and oxygen atoms in total. The molecule has 4 aromatic heterocycles. The minimum absolute atomic E-state index is 0.109. The molecule has 0 saturated carbocycles. The lowest BCUT2D eigenvalue weighted by atomic mass is 9.98. The monoisotopic (exact) mass is 1780 g/mol. The zero-order valence-electron chi connectivity index (χ0n) is 70.0. The van der Waals surface area contributed by atoms with Crippen molar-refractivity contribution >= 4 is 159 Å². The molecule has 4 heterocycles. The number of benzene rings is 12. The number of carbonyl (C=O) groups excluding carboxylic acids is 8. The number of hydrogen-bond donors (Lipinski definition) is 4. The molecule has 0 aliphatic carbocycles. The number of phenols is 4. The van der Waals surface area contributed by atoms with Crippen LogP contribution in [0, 0.1) is 55.4 Å². The summed E-state index contributed by atoms with van der Waals surface area (Å²) in [6, 6.07) is 71.5. The molecule has 128 heavy (non-hydrogen) atoms. The Morgan fingerprint density at radius 1 is 0.273 bits per heavy atom. The number of rotatable bonds is 28. The molecule has 0 saturated heterocycles. The van der Waals surface area contributed by atoms with Gasteiger partial charge in [0.25, 0.3) is 25.9 Å². The maximum absolute atomic E-state index is 13.6. The maximum Gasteiger partial charge on any atom is 0.297 e. The number of aryl methyl sites for hydroxylation is 8. The van der Waals surface area contributed by atoms with E-state index in [1.54, 1.807) is 146 Å². The Bertz CT molecular complexity index is 6960. The van der Waals surface area contributed by atoms with Gasteiger partial charge in [0.05, 0.1) is 25.0 Å². The Morgan fingerprint density at radius 2 is 0.586 bits per heavy atom. The number of ketones is 4. The zero-order chi connectivity index (χ0) is 90.7. The standard InChI is InChI=1S/4C26H20O5S/c1-16-3-6-19(13-17(16)2)24(29)26-25(22-10-7-20(28)14-23(22)32-26)31-21-8-4-18(5-9-21)11-12-30-15-27;1-16-11-17(2)13-19(12-16)24(29)26-25(22-8-5-20(28)14-23(22)32-26)31-21-6-3-18(4-7-21)9-10-30-15-27;1-16-3-4-17(2)22(13-16)24(29)26-25(21-10-7-19(28)14-23(21)32-26)31-20-8-5-18(6-9-20)11-12-30-15-27;1-16-4-3-5-17(2)23(16)24(29)26-25(21-11-8-19(28)14-22(21)32-26)31-20-9-6-18(7-10-20)12-13-30-15-27/h4*3-15,28H,1-2H3/b12-11+;10-9+;12-11+;13-12+. The molecular weight excluding hydrogens is 1700 g/mol. The fourth-order valence-electron chi connectivity index (χ4n) is 13.5. The summed E-state index contributed by atoms with van der Waals surface area (Å²) in [4.78, 5) is 96.8. The van der Waals surface area contributed by atoms with Gasteiger partial charge in [-0.05, 0) is 275 Å². The molecule has 0 unspecified atom stereocenters. The van der Waals surface area contributed by atoms with E-state index in [4.69, 9.17) is 18.9 Å². The van der Waals surface area contributed by atoms with E-state index in [0.29, 0.717) is 114 Å². The van der Waals surface area contributed by atoms with Gasteiger partial charge in [0.1, 0.15) is 65.5 Å². The highest BCUT2D eigenvalue weighted by molar-refractivity contribution is 7.22. The second-order valence-electron chi connectivity index (χ2n) is 29.2. The topological polar surface area (TPSA) is 291 Å². The predicted octanol–water partition coefficient (Wildman–Crippen LogP) is 25.6. The van der Waals surface area contributed by atoms with E-state index < -0.39 is 0 Å². The van der Waals surface area contributed by atoms with Crippen LogP contribution in [0.4, 0.5) is 0 Å². The third-order valence-electron chi connectivity index (χ3n) is 19.9. The first kappa shape index (κ1) is 90.1. The number of aromatic hydroxyl groups is 4. The summed E-state index contributed by atoms with van der Waals surface area (Å²) >= 11 is 5.18. The Labute approximate surface area is 751 Å². The van der Waals surface area contributed by atoms with Crippen molar-refractivity contribution in [2.45, 2.75) is 55.4 Å². The first-order valence-electron chi connectivity index (χ1n) is 39.5. The van der Waals surface area contributed by atoms with Crippen molar-refractivity contribution in [3.05, 3.63) is 376 Å². The van der Waals surface area contributed by atoms with Crippen LogP contribution in [0.2, 0.25) is 0 Å². The van der Waals surface area contributed by atoms with Gasteiger partial charge in [-0.15, -0.1) is 45.3 Å². The molecule has 0 aliphatic rings. The smallest absolute Gasteiger partial charge is 0.297 e. The second-order valence-corrected chi connectivity index (χ2v) is 33.4. The van der Waals surface area contributed by atoms with Crippen molar-refractivity contribution in [2.24, 2.45) is 0 Å². The first-order valence-corrected chi connectivity index (χ1v) is 42.7. The van der Waals surface area contributed by atoms with Crippen molar-refractivity contribution in [3.8, 4) is 69.0 Å². The summed E-state index contributed by atoms with van der Waals surface area (Å²) < 4.78 is 46.1. The second kappa shape index (κ2) is 41.7. The van der Waals surface area contributed by atoms with Crippen LogP contribution in [-0.4, -0.2) is 69.4 Å². The molecule has 0 aliphatic heterocycles. The Morgan fingerprint density at radius 3 is 0.914 bits per heavy atom. The highest BCUT2D eigenvalue weighted by Crippen LogP contribution is 2.48. The van der Waals surface area contributed by atoms with Crippen molar-refractivity contribution in [2.75, 3.05) is 0 Å². The molecule has 24 heteroatoms. The van der Waals surface area contributed by atoms with Gasteiger partial charge in [-0.3, -0.25) is 38.4 Å². The van der Waals surface area contributed by atoms with Gasteiger partial charge in [0, 0.05) is 62.6 Å². The SMILES string of the molecule is Cc1cc(C)cc(C(=O)c2sc3cc(O)ccc3c2Oc2ccc(/C=C/OC=O)cc2)c1.Cc1ccc(C(=O)c2sc3cc(O)ccc3c2Oc2ccc(/C=C/OC=O)cc2)cc1C.Cc1ccc(C)c(C(=O)c2sc3cc(O)ccc3c2Oc2ccc(/C=C/OC=O)cc2)c1.Cc1cccc(C)c1C(=O)c1sc2cc(O)ccc2c1Oc1ccc(/C=C/OC=O)cc1. The minimum atomic E-state index is -0.130. The normalized spacial score (nSPS) is 11.1. The van der Waals surface area contributed by atoms with Crippen LogP contribution in [0.5, 0.6) is 69.0 Å². The number of hydrogen-bond acceptors (Lipinski definition) is 24. The summed E-state index contributed by atoms with van der Waals surface area (Å²) in [7, 11) is 0. The Balaban J connectivity index is 0.000000146. The van der Waals surface area contributed by atoms with Crippen LogP contribution >= 0.6 is 45.3 Å². The number of fused-ring (bicyclic) bond motifs is 4. The highest BCUT2D eigenvalue weighted by Gasteiger charge is 2.29. The van der Waals surface area contributed by atoms with Crippen LogP contribution in [-0.2, 0) is 38.1 Å². The zero-order valence-corrected chi connectivity index (χ0v) is 73.2. The van der Waals surface area contributed by atoms with Crippen molar-refractivity contribution < 1.29 is 96.7 Å². The molecule has 16 rings (SSSR count). The highest BCUT2D eigenvalue weighted by atomic mass is 32.1. The minimum Gasteiger partial charge on any atom is -0.508 e. The fraction of sp³-hybridized carbons (Fsp3) is 0.0769. The van der Waals surface area contributed by atoms with Crippen molar-refractivity contribution in [3.63, 3.8) is 0 Å². The average molecular weight is 1780 g/mol. The summed E-state index contributed by atoms with van der Waals surface area (Å²) in [6.07, 6.45) is 11.8. The van der Waals surface area contributed by atoms with Gasteiger partial charge < -0.3 is 58.3 Å². The Hall–Kier alpha value is -15.6. The van der Waals surface area contributed by atoms with Crippen molar-refractivity contribution in [1.29, 1.82) is 0 Å². The molecule has 0 fully saturated rings. The van der Waals surface area contributed by atoms with E-state index in [1.165, 1.54) is 70.4 Å². The van der Waals surface area contributed by atoms with Crippen LogP contribution in [0.3, 0.4) is 0 Å². The van der Waals surface area contributed by atoms with Gasteiger partial charge >= 0.3 is 0 Å². The van der Waals surface area contributed by atoms with E-state index in [0.717, 1.165) is 107 Å². The third kappa shape index (κ3) is 22.1. The summed E-state index contributed by atoms with van der Waals surface area (Å²) in [5.74, 6) is 4.10. The molecule has 16 aromatic rings. The van der Waals surface area contributed by atoms with Gasteiger partial charge in [-0.2, -0.15) is 0 Å². The number of ether oxygens (including phenoxy) is 8. The predicted molar refractivity (Wildman–Crippen MR) is 502 cm³/mol. The van der Waals surface area contributed by atoms with E-state index in [2.05, 4.69) is 18.9 Å². The first-order chi connectivity index (χ1) is 61.8. The van der Waals surface area contributed by atoms with Gasteiger partial charge in [-0.25, -0.2) is 0 Å². The molecule has 12 aromatic carbocycles. The molecule has 0 radical (unpaired) electrons. The van der Waals surface area contributed by atoms with Crippen LogP contribution in [0.25, 0.3) is 64.6 Å². The Kier molecular flexibility index (Phi) is 29.4. The van der Waals surface area contributed by atoms with Crippen LogP contribution in [0.1, 0.15) is 128 Å². The van der Waals surface area contributed by atoms with Gasteiger partial charge in [0.2, 0.25) is 23.1 Å². The van der Waals surface area contributed by atoms with Gasteiger partial charge in [0.15, 0.2) is 23.0 Å². The summed E-state index contributed by atoms with van der Waals surface area (Å²) in [5, 5.41) is 42.7. The molecule has 0 atom stereocenters. The molecule has 4 N–H and O–H groups in total. The lowest BCUT2D eigenvalue weighted by Gasteiger charge is -2.11. The van der Waals surface area contributed by atoms with E-state index in [9.17, 15) is 58.8 Å². The fourth-order valence-corrected chi connectivity index (χ4v) is 18.0. The van der Waals surface area contributed by atoms with E-state index >= 15 is 0 Å². The third-order valence-corrected chi connectivity index (χ3v) is 24.4. The quantitative estimate of drug-likeness (QED) is 0.0153. The molecule has 0 amide bonds. The lowest BCUT2D eigenvalue weighted by molar-refractivity contribution is -0.124. The van der Waals surface area contributed by atoms with Crippen LogP contribution < -0.4 is 18.9 Å². The summed E-state index contributed by atoms with van der Waals surface area (Å²) in [5.41, 5.74) is 13.6. The number of thiophene rings is 4. The van der Waals surface area contributed by atoms with E-state index in [-0.39, 0.29) is 46.1 Å².